The molecule has 94 heavy (non-hydrogen) atoms. The van der Waals surface area contributed by atoms with E-state index in [4.69, 9.17) is 16.5 Å². The van der Waals surface area contributed by atoms with Crippen molar-refractivity contribution in [1.29, 1.82) is 0 Å². The molecule has 1 aliphatic rings. The van der Waals surface area contributed by atoms with Gasteiger partial charge in [0.1, 0.15) is 0 Å². The topological polar surface area (TPSA) is 49.9 Å². The van der Waals surface area contributed by atoms with E-state index in [2.05, 4.69) is 308 Å². The van der Waals surface area contributed by atoms with Crippen molar-refractivity contribution >= 4 is 104 Å². The Morgan fingerprint density at radius 1 is 0.255 bits per heavy atom. The number of hydrogen-bond acceptors (Lipinski definition) is 2. The maximum absolute atomic E-state index is 8.07. The van der Waals surface area contributed by atoms with E-state index in [0.29, 0.717) is 11.5 Å². The Balaban J connectivity index is 0.853. The SMILES string of the molecule is [C-]#[N+]c1cccc(-c2nc(-c3cc(-n4c5ccccc5c5ccc(-c6ccc7c(c6)c6ccccc6n7-c6ccccc6)cc54)cc(-n4c5ccccc5c5ccc(-c6ccc7c(c6)c6ccccc6n7-c6ccccc6)cc54)c3)c3c(n2)-c2cccc4cccc-3c24)c1. The van der Waals surface area contributed by atoms with Crippen LogP contribution in [0.15, 0.2) is 309 Å². The number of benzene rings is 14. The van der Waals surface area contributed by atoms with Crippen LogP contribution in [0, 0.1) is 6.57 Å². The number of nitrogens with zero attached hydrogens (tertiary/aromatic N) is 7. The van der Waals surface area contributed by atoms with Crippen molar-refractivity contribution in [1.82, 2.24) is 28.2 Å². The lowest BCUT2D eigenvalue weighted by Crippen LogP contribution is -2.02. The molecule has 1 aliphatic carbocycles. The van der Waals surface area contributed by atoms with Gasteiger partial charge >= 0.3 is 0 Å². The average Bonchev–Trinajstić information content (AvgIpc) is 1.55. The second-order valence-corrected chi connectivity index (χ2v) is 24.7. The van der Waals surface area contributed by atoms with Gasteiger partial charge < -0.3 is 18.3 Å². The highest BCUT2D eigenvalue weighted by Gasteiger charge is 2.30. The van der Waals surface area contributed by atoms with Crippen LogP contribution in [0.3, 0.4) is 0 Å². The monoisotopic (exact) mass is 1190 g/mol. The summed E-state index contributed by atoms with van der Waals surface area (Å²) in [5.74, 6) is 0.562. The van der Waals surface area contributed by atoms with E-state index in [1.165, 1.54) is 43.6 Å². The predicted molar refractivity (Wildman–Crippen MR) is 389 cm³/mol. The van der Waals surface area contributed by atoms with Gasteiger partial charge in [0.15, 0.2) is 11.5 Å². The Morgan fingerprint density at radius 2 is 0.670 bits per heavy atom. The molecule has 0 N–H and O–H groups in total. The van der Waals surface area contributed by atoms with Gasteiger partial charge in [0.2, 0.25) is 0 Å². The largest absolute Gasteiger partial charge is 0.309 e. The number of hydrogen-bond donors (Lipinski definition) is 0. The van der Waals surface area contributed by atoms with Crippen molar-refractivity contribution in [3.63, 3.8) is 0 Å². The van der Waals surface area contributed by atoms with E-state index >= 15 is 0 Å². The van der Waals surface area contributed by atoms with Crippen LogP contribution in [0.5, 0.6) is 0 Å². The van der Waals surface area contributed by atoms with Crippen molar-refractivity contribution in [2.24, 2.45) is 0 Å². The molecule has 0 aliphatic heterocycles. The standard InChI is InChI=1S/C87H51N7/c1-88-60-22-16-21-58(45-60)87-89-85(84-71-31-17-19-53-20-18-32-72(83(53)71)86(84)90-87)59-46-63(93-75-33-12-8-27-65(75)69-41-37-56(50-81(69)93)54-39-43-79-73(48-54)67-29-10-14-35-77(67)91(79)61-23-4-2-5-24-61)52-64(47-59)94-76-34-13-9-28-66(76)70-42-38-57(51-82(70)94)55-40-44-80-74(49-55)68-30-11-15-36-78(68)92(80)62-25-6-3-7-26-62/h2-52H. The molecule has 0 bridgehead atoms. The molecule has 0 fully saturated rings. The lowest BCUT2D eigenvalue weighted by Gasteiger charge is -2.18. The highest BCUT2D eigenvalue weighted by atomic mass is 15.0. The molecule has 0 amide bonds. The lowest BCUT2D eigenvalue weighted by molar-refractivity contribution is 1.13. The van der Waals surface area contributed by atoms with Gasteiger partial charge in [0.05, 0.1) is 62.1 Å². The first-order valence-electron chi connectivity index (χ1n) is 31.9. The first-order chi connectivity index (χ1) is 46.6. The predicted octanol–water partition coefficient (Wildman–Crippen LogP) is 22.9. The summed E-state index contributed by atoms with van der Waals surface area (Å²) >= 11 is 0. The molecule has 0 radical (unpaired) electrons. The van der Waals surface area contributed by atoms with Gasteiger partial charge in [-0.05, 0) is 148 Å². The van der Waals surface area contributed by atoms with Crippen molar-refractivity contribution in [2.75, 3.05) is 0 Å². The molecule has 0 saturated carbocycles. The van der Waals surface area contributed by atoms with Crippen LogP contribution in [0.2, 0.25) is 0 Å². The third-order valence-corrected chi connectivity index (χ3v) is 19.7. The van der Waals surface area contributed by atoms with E-state index < -0.39 is 0 Å². The van der Waals surface area contributed by atoms with Crippen molar-refractivity contribution in [3.05, 3.63) is 321 Å². The second kappa shape index (κ2) is 20.1. The number of rotatable bonds is 8. The highest BCUT2D eigenvalue weighted by molar-refractivity contribution is 6.19. The van der Waals surface area contributed by atoms with Crippen molar-refractivity contribution in [3.8, 4) is 90.0 Å². The van der Waals surface area contributed by atoms with Crippen LogP contribution in [-0.2, 0) is 0 Å². The first-order valence-corrected chi connectivity index (χ1v) is 31.9. The van der Waals surface area contributed by atoms with Gasteiger partial charge in [-0.15, -0.1) is 0 Å². The van der Waals surface area contributed by atoms with Crippen LogP contribution >= 0.6 is 0 Å². The molecule has 7 nitrogen and oxygen atoms in total. The van der Waals surface area contributed by atoms with E-state index in [-0.39, 0.29) is 0 Å². The van der Waals surface area contributed by atoms with Gasteiger partial charge in [-0.2, -0.15) is 0 Å². The molecular formula is C87H51N7. The van der Waals surface area contributed by atoms with Crippen molar-refractivity contribution < 1.29 is 0 Å². The summed E-state index contributed by atoms with van der Waals surface area (Å²) in [6.45, 7) is 8.07. The number of fused-ring (bicyclic) bond motifs is 15. The molecule has 434 valence electrons. The molecule has 7 heteroatoms. The molecule has 5 aromatic heterocycles. The maximum Gasteiger partial charge on any atom is 0.187 e. The average molecular weight is 1190 g/mol. The number of para-hydroxylation sites is 6. The fourth-order valence-corrected chi connectivity index (χ4v) is 15.6. The zero-order chi connectivity index (χ0) is 61.7. The van der Waals surface area contributed by atoms with Gasteiger partial charge in [0.25, 0.3) is 0 Å². The molecule has 0 unspecified atom stereocenters. The van der Waals surface area contributed by atoms with Crippen LogP contribution in [0.1, 0.15) is 0 Å². The summed E-state index contributed by atoms with van der Waals surface area (Å²) in [5.41, 5.74) is 24.9. The second-order valence-electron chi connectivity index (χ2n) is 24.7. The summed E-state index contributed by atoms with van der Waals surface area (Å²) < 4.78 is 9.70. The van der Waals surface area contributed by atoms with Crippen LogP contribution in [0.4, 0.5) is 5.69 Å². The minimum Gasteiger partial charge on any atom is -0.309 e. The Kier molecular flexibility index (Phi) is 11.1. The van der Waals surface area contributed by atoms with E-state index in [9.17, 15) is 0 Å². The molecule has 19 aromatic rings. The number of aromatic nitrogens is 6. The maximum atomic E-state index is 8.07. The Labute approximate surface area is 539 Å². The normalized spacial score (nSPS) is 12.0. The molecule has 0 atom stereocenters. The highest BCUT2D eigenvalue weighted by Crippen LogP contribution is 2.52. The minimum atomic E-state index is 0.534. The minimum absolute atomic E-state index is 0.534. The van der Waals surface area contributed by atoms with Gasteiger partial charge in [-0.25, -0.2) is 14.8 Å². The smallest absolute Gasteiger partial charge is 0.187 e. The Hall–Kier alpha value is -12.9. The summed E-state index contributed by atoms with van der Waals surface area (Å²) in [7, 11) is 0. The molecule has 20 rings (SSSR count). The summed E-state index contributed by atoms with van der Waals surface area (Å²) in [5, 5.41) is 11.8. The Morgan fingerprint density at radius 3 is 1.19 bits per heavy atom. The van der Waals surface area contributed by atoms with Crippen molar-refractivity contribution in [2.45, 2.75) is 0 Å². The van der Waals surface area contributed by atoms with Gasteiger partial charge in [-0.1, -0.05) is 200 Å². The fourth-order valence-electron chi connectivity index (χ4n) is 15.6. The summed E-state index contributed by atoms with van der Waals surface area (Å²) in [4.78, 5) is 15.1. The Bertz CT molecular complexity index is 6190. The third-order valence-electron chi connectivity index (χ3n) is 19.7. The van der Waals surface area contributed by atoms with Crippen LogP contribution < -0.4 is 0 Å². The molecular weight excluding hydrogens is 1140 g/mol. The molecule has 0 spiro atoms. The van der Waals surface area contributed by atoms with E-state index in [0.717, 1.165) is 139 Å². The van der Waals surface area contributed by atoms with Gasteiger partial charge in [0, 0.05) is 88.1 Å². The summed E-state index contributed by atoms with van der Waals surface area (Å²) in [6.07, 6.45) is 0. The van der Waals surface area contributed by atoms with Gasteiger partial charge in [-0.3, -0.25) is 0 Å². The first kappa shape index (κ1) is 51.9. The quantitative estimate of drug-likeness (QED) is 0.142. The zero-order valence-electron chi connectivity index (χ0n) is 50.6. The third kappa shape index (κ3) is 7.65. The van der Waals surface area contributed by atoms with E-state index in [1.807, 2.05) is 24.3 Å². The zero-order valence-corrected chi connectivity index (χ0v) is 50.6. The molecule has 14 aromatic carbocycles. The fraction of sp³-hybridized carbons (Fsp3) is 0. The molecule has 0 saturated heterocycles. The van der Waals surface area contributed by atoms with Crippen LogP contribution in [0.25, 0.3) is 193 Å². The molecule has 5 heterocycles. The lowest BCUT2D eigenvalue weighted by atomic mass is 9.98. The van der Waals surface area contributed by atoms with E-state index in [1.54, 1.807) is 0 Å². The summed E-state index contributed by atoms with van der Waals surface area (Å²) in [6, 6.07) is 112. The van der Waals surface area contributed by atoms with Crippen LogP contribution in [-0.4, -0.2) is 28.2 Å².